The molecule has 0 atom stereocenters. The lowest BCUT2D eigenvalue weighted by atomic mass is 10.1. The summed E-state index contributed by atoms with van der Waals surface area (Å²) in [7, 11) is 0. The minimum atomic E-state index is 0.825. The van der Waals surface area contributed by atoms with Crippen molar-refractivity contribution < 1.29 is 0 Å². The molecule has 0 aliphatic carbocycles. The van der Waals surface area contributed by atoms with Crippen LogP contribution in [-0.4, -0.2) is 14.5 Å². The molecule has 0 aliphatic rings. The lowest BCUT2D eigenvalue weighted by Crippen LogP contribution is -1.96. The Hall–Kier alpha value is -1.68. The van der Waals surface area contributed by atoms with Gasteiger partial charge in [-0.2, -0.15) is 0 Å². The normalized spacial score (nSPS) is 11.1. The van der Waals surface area contributed by atoms with Crippen LogP contribution in [0.15, 0.2) is 41.3 Å². The van der Waals surface area contributed by atoms with Crippen LogP contribution in [0.25, 0.3) is 16.9 Å². The molecule has 3 rings (SSSR count). The van der Waals surface area contributed by atoms with Crippen LogP contribution < -0.4 is 0 Å². The monoisotopic (exact) mass is 301 g/mol. The second-order valence-electron chi connectivity index (χ2n) is 4.36. The summed E-state index contributed by atoms with van der Waals surface area (Å²) in [6.45, 7) is 4.21. The fraction of sp³-hybridized carbons (Fsp3) is 0.143. The number of hydrogen-bond donors (Lipinski definition) is 0. The fourth-order valence-electron chi connectivity index (χ4n) is 1.98. The third-order valence-corrected chi connectivity index (χ3v) is 3.55. The lowest BCUT2D eigenvalue weighted by molar-refractivity contribution is 1.01. The second kappa shape index (κ2) is 4.21. The molecule has 2 heterocycles. The number of benzene rings is 1. The highest BCUT2D eigenvalue weighted by Crippen LogP contribution is 2.21. The Kier molecular flexibility index (Phi) is 2.67. The molecule has 0 amide bonds. The van der Waals surface area contributed by atoms with Gasteiger partial charge in [-0.15, -0.1) is 0 Å². The molecule has 0 fully saturated rings. The Morgan fingerprint density at radius 1 is 1.11 bits per heavy atom. The van der Waals surface area contributed by atoms with Crippen molar-refractivity contribution in [3.05, 3.63) is 52.4 Å². The van der Waals surface area contributed by atoms with Crippen molar-refractivity contribution in [2.24, 2.45) is 0 Å². The summed E-state index contributed by atoms with van der Waals surface area (Å²) >= 11 is 3.39. The third-order valence-electron chi connectivity index (χ3n) is 3.11. The minimum Gasteiger partial charge on any atom is -0.283 e. The van der Waals surface area contributed by atoms with Crippen LogP contribution in [-0.2, 0) is 0 Å². The first kappa shape index (κ1) is 11.4. The Bertz CT molecular complexity index is 731. The van der Waals surface area contributed by atoms with Crippen LogP contribution in [0.4, 0.5) is 0 Å². The molecule has 18 heavy (non-hydrogen) atoms. The van der Waals surface area contributed by atoms with E-state index in [1.165, 1.54) is 11.1 Å². The topological polar surface area (TPSA) is 30.7 Å². The van der Waals surface area contributed by atoms with Crippen LogP contribution in [0.3, 0.4) is 0 Å². The zero-order valence-electron chi connectivity index (χ0n) is 10.2. The third kappa shape index (κ3) is 1.82. The number of nitrogens with zero attached hydrogens (tertiary/aromatic N) is 3. The summed E-state index contributed by atoms with van der Waals surface area (Å²) in [4.78, 5) is 8.89. The number of imidazole rings is 1. The maximum atomic E-state index is 4.46. The van der Waals surface area contributed by atoms with Gasteiger partial charge in [-0.1, -0.05) is 6.07 Å². The van der Waals surface area contributed by atoms with Gasteiger partial charge in [-0.05, 0) is 65.2 Å². The van der Waals surface area contributed by atoms with Crippen LogP contribution >= 0.6 is 15.9 Å². The van der Waals surface area contributed by atoms with Gasteiger partial charge in [0, 0.05) is 0 Å². The van der Waals surface area contributed by atoms with E-state index in [9.17, 15) is 0 Å². The first-order chi connectivity index (χ1) is 8.65. The molecule has 0 spiro atoms. The van der Waals surface area contributed by atoms with Crippen LogP contribution in [0.2, 0.25) is 0 Å². The molecule has 0 bridgehead atoms. The van der Waals surface area contributed by atoms with E-state index in [4.69, 9.17) is 0 Å². The first-order valence-electron chi connectivity index (χ1n) is 5.72. The quantitative estimate of drug-likeness (QED) is 0.640. The van der Waals surface area contributed by atoms with E-state index in [1.807, 2.05) is 29.1 Å². The number of pyridine rings is 1. The van der Waals surface area contributed by atoms with Gasteiger partial charge in [0.25, 0.3) is 0 Å². The molecule has 0 saturated carbocycles. The molecule has 0 unspecified atom stereocenters. The van der Waals surface area contributed by atoms with E-state index >= 15 is 0 Å². The SMILES string of the molecule is Cc1cc2ncn(-c3cccc(Br)n3)c2cc1C. The van der Waals surface area contributed by atoms with Gasteiger partial charge in [0.2, 0.25) is 0 Å². The zero-order chi connectivity index (χ0) is 12.7. The molecule has 4 heteroatoms. The molecule has 0 saturated heterocycles. The highest BCUT2D eigenvalue weighted by Gasteiger charge is 2.07. The Labute approximate surface area is 114 Å². The summed E-state index contributed by atoms with van der Waals surface area (Å²) in [5.74, 6) is 0.870. The molecular weight excluding hydrogens is 290 g/mol. The van der Waals surface area contributed by atoms with E-state index in [0.29, 0.717) is 0 Å². The Morgan fingerprint density at radius 3 is 2.67 bits per heavy atom. The average molecular weight is 302 g/mol. The lowest BCUT2D eigenvalue weighted by Gasteiger charge is -2.05. The second-order valence-corrected chi connectivity index (χ2v) is 5.17. The smallest absolute Gasteiger partial charge is 0.139 e. The van der Waals surface area contributed by atoms with E-state index in [0.717, 1.165) is 21.5 Å². The van der Waals surface area contributed by atoms with Gasteiger partial charge in [0.1, 0.15) is 16.7 Å². The van der Waals surface area contributed by atoms with Gasteiger partial charge in [-0.3, -0.25) is 4.57 Å². The van der Waals surface area contributed by atoms with Gasteiger partial charge in [0.05, 0.1) is 11.0 Å². The van der Waals surface area contributed by atoms with E-state index in [2.05, 4.69) is 51.9 Å². The molecule has 0 aliphatic heterocycles. The first-order valence-corrected chi connectivity index (χ1v) is 6.52. The fourth-order valence-corrected chi connectivity index (χ4v) is 2.31. The number of halogens is 1. The van der Waals surface area contributed by atoms with Crippen molar-refractivity contribution in [3.63, 3.8) is 0 Å². The highest BCUT2D eigenvalue weighted by molar-refractivity contribution is 9.10. The Balaban J connectivity index is 2.27. The largest absolute Gasteiger partial charge is 0.283 e. The number of fused-ring (bicyclic) bond motifs is 1. The Morgan fingerprint density at radius 2 is 1.89 bits per heavy atom. The summed E-state index contributed by atoms with van der Waals surface area (Å²) in [6, 6.07) is 10.1. The molecule has 3 aromatic rings. The van der Waals surface area contributed by atoms with Crippen molar-refractivity contribution >= 4 is 27.0 Å². The predicted octanol–water partition coefficient (Wildman–Crippen LogP) is 3.80. The maximum Gasteiger partial charge on any atom is 0.139 e. The number of hydrogen-bond acceptors (Lipinski definition) is 2. The standard InChI is InChI=1S/C14H12BrN3/c1-9-6-11-12(7-10(9)2)18(8-16-11)14-5-3-4-13(15)17-14/h3-8H,1-2H3. The van der Waals surface area contributed by atoms with Crippen molar-refractivity contribution in [3.8, 4) is 5.82 Å². The van der Waals surface area contributed by atoms with E-state index < -0.39 is 0 Å². The van der Waals surface area contributed by atoms with Crippen molar-refractivity contribution in [1.29, 1.82) is 0 Å². The van der Waals surface area contributed by atoms with Crippen LogP contribution in [0.1, 0.15) is 11.1 Å². The van der Waals surface area contributed by atoms with E-state index in [1.54, 1.807) is 0 Å². The summed E-state index contributed by atoms with van der Waals surface area (Å²) in [6.07, 6.45) is 1.82. The van der Waals surface area contributed by atoms with Crippen molar-refractivity contribution in [2.45, 2.75) is 13.8 Å². The number of aromatic nitrogens is 3. The predicted molar refractivity (Wildman–Crippen MR) is 76.0 cm³/mol. The summed E-state index contributed by atoms with van der Waals surface area (Å²) in [5.41, 5.74) is 4.61. The molecular formula is C14H12BrN3. The molecule has 3 nitrogen and oxygen atoms in total. The summed E-state index contributed by atoms with van der Waals surface area (Å²) < 4.78 is 2.83. The molecule has 0 N–H and O–H groups in total. The average Bonchev–Trinajstić information content (AvgIpc) is 2.73. The minimum absolute atomic E-state index is 0.825. The molecule has 2 aromatic heterocycles. The molecule has 1 aromatic carbocycles. The summed E-state index contributed by atoms with van der Waals surface area (Å²) in [5, 5.41) is 0. The maximum absolute atomic E-state index is 4.46. The van der Waals surface area contributed by atoms with Gasteiger partial charge in [0.15, 0.2) is 0 Å². The zero-order valence-corrected chi connectivity index (χ0v) is 11.8. The molecule has 90 valence electrons. The van der Waals surface area contributed by atoms with E-state index in [-0.39, 0.29) is 0 Å². The van der Waals surface area contributed by atoms with Crippen molar-refractivity contribution in [1.82, 2.24) is 14.5 Å². The number of aryl methyl sites for hydroxylation is 2. The molecule has 0 radical (unpaired) electrons. The van der Waals surface area contributed by atoms with Crippen LogP contribution in [0, 0.1) is 13.8 Å². The number of rotatable bonds is 1. The van der Waals surface area contributed by atoms with Crippen molar-refractivity contribution in [2.75, 3.05) is 0 Å². The van der Waals surface area contributed by atoms with Gasteiger partial charge in [-0.25, -0.2) is 9.97 Å². The highest BCUT2D eigenvalue weighted by atomic mass is 79.9. The van der Waals surface area contributed by atoms with Crippen LogP contribution in [0.5, 0.6) is 0 Å². The van der Waals surface area contributed by atoms with Gasteiger partial charge >= 0.3 is 0 Å². The van der Waals surface area contributed by atoms with Gasteiger partial charge < -0.3 is 0 Å².